The van der Waals surface area contributed by atoms with Gasteiger partial charge in [-0.2, -0.15) is 0 Å². The summed E-state index contributed by atoms with van der Waals surface area (Å²) in [5.74, 6) is 5.69. The molecule has 30 aromatic rings. The highest BCUT2D eigenvalue weighted by atomic mass is 16.3. The Kier molecular flexibility index (Phi) is 20.5. The molecular formula is C132H78N12O3. The summed E-state index contributed by atoms with van der Waals surface area (Å²) >= 11 is 0. The van der Waals surface area contributed by atoms with E-state index in [9.17, 15) is 0 Å². The van der Waals surface area contributed by atoms with Crippen molar-refractivity contribution in [2.24, 2.45) is 0 Å². The summed E-state index contributed by atoms with van der Waals surface area (Å²) in [7, 11) is 0. The second-order valence-electron chi connectivity index (χ2n) is 36.8. The van der Waals surface area contributed by atoms with Crippen LogP contribution < -0.4 is 0 Å². The lowest BCUT2D eigenvalue weighted by atomic mass is 9.92. The van der Waals surface area contributed by atoms with Crippen LogP contribution in [0.2, 0.25) is 0 Å². The second kappa shape index (κ2) is 35.6. The average molecular weight is 1880 g/mol. The number of rotatable bonds is 12. The molecule has 0 radical (unpaired) electrons. The Morgan fingerprint density at radius 3 is 0.878 bits per heavy atom. The first-order valence-electron chi connectivity index (χ1n) is 48.9. The molecule has 15 nitrogen and oxygen atoms in total. The van der Waals surface area contributed by atoms with Crippen molar-refractivity contribution in [3.8, 4) is 136 Å². The number of hydrogen-bond acceptors (Lipinski definition) is 15. The zero-order valence-electron chi connectivity index (χ0n) is 78.6. The Balaban J connectivity index is 0.000000107. The van der Waals surface area contributed by atoms with Crippen molar-refractivity contribution in [3.63, 3.8) is 0 Å². The van der Waals surface area contributed by atoms with Crippen LogP contribution in [0.15, 0.2) is 487 Å². The summed E-state index contributed by atoms with van der Waals surface area (Å²) in [6.07, 6.45) is 3.76. The molecule has 9 heterocycles. The molecule has 684 valence electrons. The molecule has 21 aromatic carbocycles. The Hall–Kier alpha value is -20.2. The first kappa shape index (κ1) is 84.9. The number of para-hydroxylation sites is 2. The molecule has 0 atom stereocenters. The molecule has 0 aliphatic carbocycles. The van der Waals surface area contributed by atoms with Crippen LogP contribution in [0.1, 0.15) is 0 Å². The number of hydrogen-bond donors (Lipinski definition) is 0. The molecule has 0 unspecified atom stereocenters. The molecule has 0 saturated carbocycles. The molecule has 0 spiro atoms. The number of benzene rings is 21. The smallest absolute Gasteiger partial charge is 0.227 e. The molecule has 9 aromatic heterocycles. The highest BCUT2D eigenvalue weighted by molar-refractivity contribution is 6.22. The minimum atomic E-state index is 0.622. The van der Waals surface area contributed by atoms with Crippen LogP contribution in [0.5, 0.6) is 0 Å². The largest absolute Gasteiger partial charge is 0.454 e. The van der Waals surface area contributed by atoms with Crippen LogP contribution in [0.4, 0.5) is 0 Å². The summed E-state index contributed by atoms with van der Waals surface area (Å²) < 4.78 is 19.0. The number of aromatic nitrogens is 12. The number of furan rings is 3. The van der Waals surface area contributed by atoms with Gasteiger partial charge in [-0.1, -0.05) is 382 Å². The molecule has 147 heavy (non-hydrogen) atoms. The zero-order valence-corrected chi connectivity index (χ0v) is 78.6. The van der Waals surface area contributed by atoms with E-state index >= 15 is 0 Å². The average Bonchev–Trinajstić information content (AvgIpc) is 1.64. The van der Waals surface area contributed by atoms with E-state index in [-0.39, 0.29) is 0 Å². The summed E-state index contributed by atoms with van der Waals surface area (Å²) in [5.41, 5.74) is 21.3. The predicted molar refractivity (Wildman–Crippen MR) is 597 cm³/mol. The van der Waals surface area contributed by atoms with E-state index in [1.807, 2.05) is 152 Å². The molecule has 0 bridgehead atoms. The number of pyridine rings is 3. The fraction of sp³-hybridized carbons (Fsp3) is 0. The SMILES string of the molecule is c1ccc(-c2nc(-c3ccc4ccccc4c3)nc(-c3ccc(-c4cccc5oc6nc7ccccc7cc6c45)c4ccccc34)n2)cc1.c1ccc(-c2nc(-c3ccc4ccccc4c3)nc(-c3ccc(-c4cncc5oc6cc7ccccc7cc6c45)c4ccccc34)n2)cc1.c1ccc(-c2nc(-c3cccc4ccccc34)nc(-c3ccc(-c4cccc5oc6nc7ccccc7cc6c45)c4ccccc34)n2)cc1. The molecule has 0 aliphatic heterocycles. The summed E-state index contributed by atoms with van der Waals surface area (Å²) in [5, 5.41) is 24.0. The standard InChI is InChI=1S/3C44H26N4O/c1-2-13-28(14-3-1)41-46-42(35-21-10-16-27-12-4-6-17-30(27)35)48-43(47-41)36-25-24-33(31-18-7-8-19-32(31)36)34-20-11-23-39-40(34)37-26-29-15-5-9-22-38(29)45-44(37)49-39;1-2-12-28(13-3-1)41-46-42(31-22-21-27-11-4-5-14-29(27)25-31)48-43(47-41)36-24-23-34(32-16-7-8-17-33(32)36)35-18-10-20-39-40(35)37-26-30-15-6-9-19-38(30)45-44(37)49-39;1-2-11-28(12-3-1)42-46-43(32-19-18-27-10-4-5-13-29(27)22-32)48-44(47-42)36-21-20-35(33-16-8-9-17-34(33)36)38-25-45-26-40-41(38)37-23-30-14-6-7-15-31(30)24-39(37)49-40/h3*1-26H. The third-order valence-corrected chi connectivity index (χ3v) is 28.0. The number of fused-ring (bicyclic) bond motifs is 18. The van der Waals surface area contributed by atoms with E-state index < -0.39 is 0 Å². The highest BCUT2D eigenvalue weighted by Gasteiger charge is 2.27. The maximum atomic E-state index is 6.38. The van der Waals surface area contributed by atoms with Gasteiger partial charge in [-0.3, -0.25) is 4.98 Å². The van der Waals surface area contributed by atoms with Crippen LogP contribution in [-0.2, 0) is 0 Å². The predicted octanol–water partition coefficient (Wildman–Crippen LogP) is 33.9. The maximum absolute atomic E-state index is 6.38. The Bertz CT molecular complexity index is 10200. The molecule has 0 N–H and O–H groups in total. The van der Waals surface area contributed by atoms with Gasteiger partial charge < -0.3 is 13.3 Å². The third-order valence-electron chi connectivity index (χ3n) is 28.0. The van der Waals surface area contributed by atoms with Crippen LogP contribution >= 0.6 is 0 Å². The minimum Gasteiger partial charge on any atom is -0.454 e. The van der Waals surface area contributed by atoms with E-state index in [0.29, 0.717) is 63.8 Å². The summed E-state index contributed by atoms with van der Waals surface area (Å²) in [6.45, 7) is 0. The van der Waals surface area contributed by atoms with Gasteiger partial charge in [0.25, 0.3) is 0 Å². The molecule has 0 saturated heterocycles. The number of nitrogens with zero attached hydrogens (tertiary/aromatic N) is 12. The minimum absolute atomic E-state index is 0.622. The van der Waals surface area contributed by atoms with Crippen molar-refractivity contribution in [1.29, 1.82) is 0 Å². The van der Waals surface area contributed by atoms with Gasteiger partial charge in [0.05, 0.1) is 17.2 Å². The zero-order chi connectivity index (χ0) is 96.9. The molecule has 0 aliphatic rings. The lowest BCUT2D eigenvalue weighted by molar-refractivity contribution is 0.655. The lowest BCUT2D eigenvalue weighted by Crippen LogP contribution is -2.01. The summed E-state index contributed by atoms with van der Waals surface area (Å²) in [4.78, 5) is 60.0. The topological polar surface area (TPSA) is 194 Å². The van der Waals surface area contributed by atoms with Gasteiger partial charge in [-0.05, 0) is 182 Å². The van der Waals surface area contributed by atoms with Crippen molar-refractivity contribution in [2.45, 2.75) is 0 Å². The fourth-order valence-corrected chi connectivity index (χ4v) is 21.1. The quantitative estimate of drug-likeness (QED) is 0.112. The first-order chi connectivity index (χ1) is 72.8. The van der Waals surface area contributed by atoms with E-state index in [1.165, 1.54) is 16.2 Å². The molecular weight excluding hydrogens is 1800 g/mol. The van der Waals surface area contributed by atoms with Crippen LogP contribution in [0, 0.1) is 0 Å². The Morgan fingerprint density at radius 2 is 0.435 bits per heavy atom. The van der Waals surface area contributed by atoms with Gasteiger partial charge in [0.1, 0.15) is 16.7 Å². The highest BCUT2D eigenvalue weighted by Crippen LogP contribution is 2.48. The molecule has 0 fully saturated rings. The molecule has 0 amide bonds. The Labute approximate surface area is 839 Å². The van der Waals surface area contributed by atoms with Crippen molar-refractivity contribution in [1.82, 2.24) is 59.8 Å². The van der Waals surface area contributed by atoms with Crippen molar-refractivity contribution < 1.29 is 13.3 Å². The van der Waals surface area contributed by atoms with Crippen molar-refractivity contribution in [2.75, 3.05) is 0 Å². The molecule has 30 rings (SSSR count). The van der Waals surface area contributed by atoms with Crippen molar-refractivity contribution >= 4 is 163 Å². The van der Waals surface area contributed by atoms with Crippen molar-refractivity contribution in [3.05, 3.63) is 473 Å². The van der Waals surface area contributed by atoms with E-state index in [2.05, 4.69) is 327 Å². The molecule has 15 heteroatoms. The van der Waals surface area contributed by atoms with Crippen LogP contribution in [0.3, 0.4) is 0 Å². The van der Waals surface area contributed by atoms with Crippen LogP contribution in [0.25, 0.3) is 299 Å². The van der Waals surface area contributed by atoms with Gasteiger partial charge in [-0.25, -0.2) is 54.8 Å². The normalized spacial score (nSPS) is 11.7. The van der Waals surface area contributed by atoms with E-state index in [0.717, 1.165) is 219 Å². The van der Waals surface area contributed by atoms with Gasteiger partial charge >= 0.3 is 0 Å². The van der Waals surface area contributed by atoms with Gasteiger partial charge in [0.15, 0.2) is 58.0 Å². The lowest BCUT2D eigenvalue weighted by Gasteiger charge is -2.14. The maximum Gasteiger partial charge on any atom is 0.227 e. The van der Waals surface area contributed by atoms with E-state index in [1.54, 1.807) is 0 Å². The van der Waals surface area contributed by atoms with E-state index in [4.69, 9.17) is 68.1 Å². The second-order valence-corrected chi connectivity index (χ2v) is 36.8. The van der Waals surface area contributed by atoms with Gasteiger partial charge in [0.2, 0.25) is 11.4 Å². The Morgan fingerprint density at radius 1 is 0.136 bits per heavy atom. The van der Waals surface area contributed by atoms with Gasteiger partial charge in [-0.15, -0.1) is 0 Å². The van der Waals surface area contributed by atoms with Gasteiger partial charge in [0, 0.05) is 105 Å². The summed E-state index contributed by atoms with van der Waals surface area (Å²) in [6, 6.07) is 159. The third kappa shape index (κ3) is 15.2. The van der Waals surface area contributed by atoms with Crippen LogP contribution in [-0.4, -0.2) is 59.8 Å². The first-order valence-corrected chi connectivity index (χ1v) is 48.9. The fourth-order valence-electron chi connectivity index (χ4n) is 21.1. The monoisotopic (exact) mass is 1880 g/mol.